The van der Waals surface area contributed by atoms with Gasteiger partial charge in [0.05, 0.1) is 5.02 Å². The van der Waals surface area contributed by atoms with Crippen LogP contribution in [0.2, 0.25) is 5.02 Å². The Morgan fingerprint density at radius 3 is 2.95 bits per heavy atom. The maximum Gasteiger partial charge on any atom is 0.322 e. The van der Waals surface area contributed by atoms with Gasteiger partial charge in [0.2, 0.25) is 5.91 Å². The number of carbonyl (C=O) groups excluding carboxylic acids is 2. The zero-order valence-electron chi connectivity index (χ0n) is 12.2. The number of piperazine rings is 1. The molecule has 2 atom stereocenters. The molecule has 0 radical (unpaired) electrons. The van der Waals surface area contributed by atoms with Crippen LogP contribution in [0.1, 0.15) is 19.8 Å². The molecule has 2 aliphatic heterocycles. The van der Waals surface area contributed by atoms with Crippen LogP contribution in [0.4, 0.5) is 14.9 Å². The molecular formula is C15H17ClFN3O2. The summed E-state index contributed by atoms with van der Waals surface area (Å²) in [5.74, 6) is -0.552. The molecule has 3 amide bonds. The first kappa shape index (κ1) is 15.1. The number of fused-ring (bicyclic) bond motifs is 1. The van der Waals surface area contributed by atoms with Crippen molar-refractivity contribution in [2.75, 3.05) is 18.4 Å². The van der Waals surface area contributed by atoms with Crippen molar-refractivity contribution in [3.05, 3.63) is 29.0 Å². The van der Waals surface area contributed by atoms with E-state index in [9.17, 15) is 14.0 Å². The van der Waals surface area contributed by atoms with E-state index in [1.807, 2.05) is 4.90 Å². The molecule has 118 valence electrons. The van der Waals surface area contributed by atoms with Gasteiger partial charge in [-0.1, -0.05) is 11.6 Å². The van der Waals surface area contributed by atoms with E-state index < -0.39 is 11.9 Å². The molecule has 22 heavy (non-hydrogen) atoms. The van der Waals surface area contributed by atoms with E-state index in [1.165, 1.54) is 23.1 Å². The predicted molar refractivity (Wildman–Crippen MR) is 81.3 cm³/mol. The summed E-state index contributed by atoms with van der Waals surface area (Å²) in [6.07, 6.45) is 1.90. The lowest BCUT2D eigenvalue weighted by molar-refractivity contribution is -0.140. The van der Waals surface area contributed by atoms with Crippen LogP contribution in [-0.2, 0) is 4.79 Å². The molecule has 2 saturated heterocycles. The van der Waals surface area contributed by atoms with Gasteiger partial charge in [-0.15, -0.1) is 0 Å². The number of rotatable bonds is 1. The maximum atomic E-state index is 13.1. The smallest absolute Gasteiger partial charge is 0.322 e. The Bertz CT molecular complexity index is 625. The van der Waals surface area contributed by atoms with Crippen molar-refractivity contribution < 1.29 is 14.0 Å². The van der Waals surface area contributed by atoms with Gasteiger partial charge in [-0.3, -0.25) is 4.79 Å². The number of benzene rings is 1. The Morgan fingerprint density at radius 2 is 2.23 bits per heavy atom. The number of anilines is 1. The highest BCUT2D eigenvalue weighted by atomic mass is 35.5. The van der Waals surface area contributed by atoms with E-state index in [-0.39, 0.29) is 23.0 Å². The summed E-state index contributed by atoms with van der Waals surface area (Å²) in [5.41, 5.74) is 0.407. The third-order valence-corrected chi connectivity index (χ3v) is 4.61. The number of halogens is 2. The van der Waals surface area contributed by atoms with E-state index >= 15 is 0 Å². The highest BCUT2D eigenvalue weighted by molar-refractivity contribution is 6.31. The van der Waals surface area contributed by atoms with Gasteiger partial charge in [-0.05, 0) is 38.0 Å². The predicted octanol–water partition coefficient (Wildman–Crippen LogP) is 2.71. The van der Waals surface area contributed by atoms with Crippen LogP contribution in [0, 0.1) is 5.82 Å². The quantitative estimate of drug-likeness (QED) is 0.863. The molecule has 0 spiro atoms. The normalized spacial score (nSPS) is 24.4. The van der Waals surface area contributed by atoms with Crippen molar-refractivity contribution >= 4 is 29.2 Å². The fraction of sp³-hybridized carbons (Fsp3) is 0.467. The van der Waals surface area contributed by atoms with Crippen molar-refractivity contribution in [1.29, 1.82) is 0 Å². The Hall–Kier alpha value is -1.82. The minimum atomic E-state index is -0.539. The number of carbonyl (C=O) groups is 2. The second kappa shape index (κ2) is 5.76. The summed E-state index contributed by atoms with van der Waals surface area (Å²) >= 11 is 5.71. The lowest BCUT2D eigenvalue weighted by atomic mass is 10.1. The molecule has 1 N–H and O–H groups in total. The first-order valence-electron chi connectivity index (χ1n) is 7.30. The van der Waals surface area contributed by atoms with Crippen molar-refractivity contribution in [3.63, 3.8) is 0 Å². The zero-order chi connectivity index (χ0) is 15.9. The first-order chi connectivity index (χ1) is 10.5. The molecule has 7 heteroatoms. The van der Waals surface area contributed by atoms with Crippen LogP contribution in [-0.4, -0.2) is 46.9 Å². The van der Waals surface area contributed by atoms with Crippen molar-refractivity contribution in [2.24, 2.45) is 0 Å². The summed E-state index contributed by atoms with van der Waals surface area (Å²) in [6, 6.07) is 3.23. The average Bonchev–Trinajstić information content (AvgIpc) is 2.95. The van der Waals surface area contributed by atoms with E-state index in [1.54, 1.807) is 6.92 Å². The molecule has 0 unspecified atom stereocenters. The molecule has 1 aromatic carbocycles. The number of urea groups is 1. The summed E-state index contributed by atoms with van der Waals surface area (Å²) in [5, 5.41) is 2.62. The molecule has 0 saturated carbocycles. The standard InChI is InChI=1S/C15H17ClFN3O2/c1-9-14(21)19-6-2-3-11(19)8-20(9)15(22)18-10-4-5-13(17)12(16)7-10/h4-5,7,9,11H,2-3,6,8H2,1H3,(H,18,22)/t9-,11+/m0/s1. The third-order valence-electron chi connectivity index (χ3n) is 4.32. The number of hydrogen-bond donors (Lipinski definition) is 1. The van der Waals surface area contributed by atoms with E-state index in [4.69, 9.17) is 11.6 Å². The highest BCUT2D eigenvalue weighted by Gasteiger charge is 2.42. The van der Waals surface area contributed by atoms with Gasteiger partial charge in [-0.2, -0.15) is 0 Å². The van der Waals surface area contributed by atoms with Gasteiger partial charge in [0.15, 0.2) is 0 Å². The van der Waals surface area contributed by atoms with Crippen LogP contribution in [0.3, 0.4) is 0 Å². The lowest BCUT2D eigenvalue weighted by Gasteiger charge is -2.41. The highest BCUT2D eigenvalue weighted by Crippen LogP contribution is 2.26. The number of amides is 3. The van der Waals surface area contributed by atoms with Gasteiger partial charge in [0, 0.05) is 24.8 Å². The molecule has 1 aromatic rings. The molecule has 5 nitrogen and oxygen atoms in total. The van der Waals surface area contributed by atoms with Crippen LogP contribution < -0.4 is 5.32 Å². The average molecular weight is 326 g/mol. The van der Waals surface area contributed by atoms with Gasteiger partial charge in [-0.25, -0.2) is 9.18 Å². The van der Waals surface area contributed by atoms with Gasteiger partial charge >= 0.3 is 6.03 Å². The lowest BCUT2D eigenvalue weighted by Crippen LogP contribution is -2.60. The van der Waals surface area contributed by atoms with Gasteiger partial charge in [0.25, 0.3) is 0 Å². The fourth-order valence-electron chi connectivity index (χ4n) is 3.10. The Labute approximate surface area is 133 Å². The number of nitrogens with zero attached hydrogens (tertiary/aromatic N) is 2. The number of hydrogen-bond acceptors (Lipinski definition) is 2. The largest absolute Gasteiger partial charge is 0.336 e. The van der Waals surface area contributed by atoms with Crippen LogP contribution in [0.25, 0.3) is 0 Å². The molecule has 2 fully saturated rings. The zero-order valence-corrected chi connectivity index (χ0v) is 12.9. The summed E-state index contributed by atoms with van der Waals surface area (Å²) in [7, 11) is 0. The topological polar surface area (TPSA) is 52.7 Å². The second-order valence-corrected chi connectivity index (χ2v) is 6.12. The molecule has 3 rings (SSSR count). The van der Waals surface area contributed by atoms with E-state index in [2.05, 4.69) is 5.32 Å². The van der Waals surface area contributed by atoms with Crippen molar-refractivity contribution in [1.82, 2.24) is 9.80 Å². The summed E-state index contributed by atoms with van der Waals surface area (Å²) in [6.45, 7) is 3.03. The number of nitrogens with one attached hydrogen (secondary N) is 1. The summed E-state index contributed by atoms with van der Waals surface area (Å²) < 4.78 is 13.1. The van der Waals surface area contributed by atoms with E-state index in [0.717, 1.165) is 19.4 Å². The van der Waals surface area contributed by atoms with Crippen molar-refractivity contribution in [2.45, 2.75) is 31.8 Å². The maximum absolute atomic E-state index is 13.1. The second-order valence-electron chi connectivity index (χ2n) is 5.72. The van der Waals surface area contributed by atoms with Crippen LogP contribution in [0.15, 0.2) is 18.2 Å². The summed E-state index contributed by atoms with van der Waals surface area (Å²) in [4.78, 5) is 28.1. The van der Waals surface area contributed by atoms with Gasteiger partial charge in [0.1, 0.15) is 11.9 Å². The molecule has 0 aliphatic carbocycles. The van der Waals surface area contributed by atoms with Crippen LogP contribution in [0.5, 0.6) is 0 Å². The Morgan fingerprint density at radius 1 is 1.45 bits per heavy atom. The fourth-order valence-corrected chi connectivity index (χ4v) is 3.28. The molecule has 0 bridgehead atoms. The SMILES string of the molecule is C[C@H]1C(=O)N2CCC[C@@H]2CN1C(=O)Nc1ccc(F)c(Cl)c1. The minimum Gasteiger partial charge on any atom is -0.336 e. The molecule has 2 heterocycles. The Kier molecular flexibility index (Phi) is 3.95. The Balaban J connectivity index is 1.73. The van der Waals surface area contributed by atoms with Gasteiger partial charge < -0.3 is 15.1 Å². The molecular weight excluding hydrogens is 309 g/mol. The monoisotopic (exact) mass is 325 g/mol. The third kappa shape index (κ3) is 2.63. The minimum absolute atomic E-state index is 0.0129. The molecule has 0 aromatic heterocycles. The first-order valence-corrected chi connectivity index (χ1v) is 7.68. The van der Waals surface area contributed by atoms with E-state index in [0.29, 0.717) is 12.2 Å². The van der Waals surface area contributed by atoms with Crippen molar-refractivity contribution in [3.8, 4) is 0 Å². The molecule has 2 aliphatic rings. The van der Waals surface area contributed by atoms with Crippen LogP contribution >= 0.6 is 11.6 Å².